The number of methoxy groups -OCH3 is 1. The number of H-pyrrole nitrogens is 1. The summed E-state index contributed by atoms with van der Waals surface area (Å²) in [5.74, 6) is 1.98. The quantitative estimate of drug-likeness (QED) is 0.434. The van der Waals surface area contributed by atoms with Gasteiger partial charge in [0.05, 0.1) is 36.4 Å². The summed E-state index contributed by atoms with van der Waals surface area (Å²) < 4.78 is 5.56. The second-order valence-electron chi connectivity index (χ2n) is 6.99. The summed E-state index contributed by atoms with van der Waals surface area (Å²) in [5, 5.41) is 16.2. The Morgan fingerprint density at radius 2 is 2.32 bits per heavy atom. The molecule has 3 heterocycles. The zero-order chi connectivity index (χ0) is 19.1. The fraction of sp³-hybridized carbons (Fsp3) is 0.316. The van der Waals surface area contributed by atoms with E-state index in [0.717, 1.165) is 57.6 Å². The number of fused-ring (bicyclic) bond motifs is 4. The van der Waals surface area contributed by atoms with Gasteiger partial charge in [-0.1, -0.05) is 0 Å². The Balaban J connectivity index is 1.58. The Hall–Kier alpha value is -3.07. The SMILES string of the molecule is COc1cc2[nH]ncc2cc1Nc1ncnc2sc3c(c12)CCC(CN=N)C3. The summed E-state index contributed by atoms with van der Waals surface area (Å²) in [6, 6.07) is 3.94. The molecule has 142 valence electrons. The van der Waals surface area contributed by atoms with Crippen LogP contribution < -0.4 is 10.1 Å². The fourth-order valence-electron chi connectivity index (χ4n) is 3.92. The lowest BCUT2D eigenvalue weighted by Gasteiger charge is -2.20. The molecule has 1 aromatic carbocycles. The lowest BCUT2D eigenvalue weighted by molar-refractivity contribution is 0.417. The van der Waals surface area contributed by atoms with Gasteiger partial charge in [-0.2, -0.15) is 10.2 Å². The minimum absolute atomic E-state index is 0.450. The van der Waals surface area contributed by atoms with Crippen LogP contribution in [0.25, 0.3) is 21.1 Å². The predicted octanol–water partition coefficient (Wildman–Crippen LogP) is 4.46. The number of thiophene rings is 1. The molecule has 9 heteroatoms. The molecule has 0 fully saturated rings. The number of rotatable bonds is 5. The van der Waals surface area contributed by atoms with Gasteiger partial charge in [0.15, 0.2) is 0 Å². The predicted molar refractivity (Wildman–Crippen MR) is 109 cm³/mol. The van der Waals surface area contributed by atoms with E-state index in [0.29, 0.717) is 12.5 Å². The third-order valence-corrected chi connectivity index (χ3v) is 6.47. The number of nitrogens with one attached hydrogen (secondary N) is 3. The van der Waals surface area contributed by atoms with Crippen LogP contribution in [0.4, 0.5) is 11.5 Å². The molecule has 1 atom stereocenters. The van der Waals surface area contributed by atoms with Gasteiger partial charge in [-0.05, 0) is 36.8 Å². The summed E-state index contributed by atoms with van der Waals surface area (Å²) >= 11 is 1.73. The topological polar surface area (TPSA) is 112 Å². The number of nitrogens with zero attached hydrogens (tertiary/aromatic N) is 4. The minimum atomic E-state index is 0.450. The van der Waals surface area contributed by atoms with Crippen molar-refractivity contribution in [2.24, 2.45) is 11.0 Å². The summed E-state index contributed by atoms with van der Waals surface area (Å²) in [7, 11) is 1.65. The first-order valence-corrected chi connectivity index (χ1v) is 9.95. The molecule has 1 aliphatic carbocycles. The Bertz CT molecular complexity index is 1180. The van der Waals surface area contributed by atoms with Crippen molar-refractivity contribution in [2.75, 3.05) is 19.0 Å². The molecule has 0 bridgehead atoms. The third-order valence-electron chi connectivity index (χ3n) is 5.31. The van der Waals surface area contributed by atoms with Gasteiger partial charge >= 0.3 is 0 Å². The van der Waals surface area contributed by atoms with Gasteiger partial charge in [-0.3, -0.25) is 5.10 Å². The van der Waals surface area contributed by atoms with Crippen LogP contribution in [0.2, 0.25) is 0 Å². The Labute approximate surface area is 164 Å². The average Bonchev–Trinajstić information content (AvgIpc) is 3.31. The Morgan fingerprint density at radius 1 is 1.39 bits per heavy atom. The van der Waals surface area contributed by atoms with E-state index < -0.39 is 0 Å². The van der Waals surface area contributed by atoms with E-state index in [2.05, 4.69) is 30.6 Å². The van der Waals surface area contributed by atoms with Crippen LogP contribution in [0.1, 0.15) is 16.9 Å². The van der Waals surface area contributed by atoms with Crippen molar-refractivity contribution >= 4 is 44.0 Å². The Morgan fingerprint density at radius 3 is 3.18 bits per heavy atom. The molecule has 0 saturated carbocycles. The van der Waals surface area contributed by atoms with Gasteiger partial charge in [-0.15, -0.1) is 11.3 Å². The molecule has 4 aromatic rings. The number of aromatic amines is 1. The van der Waals surface area contributed by atoms with Crippen molar-refractivity contribution in [3.05, 3.63) is 35.1 Å². The maximum Gasteiger partial charge on any atom is 0.144 e. The van der Waals surface area contributed by atoms with Crippen LogP contribution in [0.3, 0.4) is 0 Å². The fourth-order valence-corrected chi connectivity index (χ4v) is 5.23. The molecule has 0 radical (unpaired) electrons. The number of ether oxygens (including phenoxy) is 1. The molecular formula is C19H19N7OS. The average molecular weight is 393 g/mol. The zero-order valence-electron chi connectivity index (χ0n) is 15.3. The van der Waals surface area contributed by atoms with Crippen molar-refractivity contribution in [3.63, 3.8) is 0 Å². The summed E-state index contributed by atoms with van der Waals surface area (Å²) in [5.41, 5.74) is 10.2. The second kappa shape index (κ2) is 6.83. The van der Waals surface area contributed by atoms with E-state index in [4.69, 9.17) is 10.3 Å². The van der Waals surface area contributed by atoms with E-state index in [1.165, 1.54) is 10.4 Å². The first kappa shape index (κ1) is 17.1. The van der Waals surface area contributed by atoms with Gasteiger partial charge in [-0.25, -0.2) is 15.5 Å². The summed E-state index contributed by atoms with van der Waals surface area (Å²) in [6.07, 6.45) is 6.36. The van der Waals surface area contributed by atoms with Gasteiger partial charge in [0, 0.05) is 16.3 Å². The van der Waals surface area contributed by atoms with Gasteiger partial charge in [0.2, 0.25) is 0 Å². The van der Waals surface area contributed by atoms with Crippen molar-refractivity contribution in [2.45, 2.75) is 19.3 Å². The maximum atomic E-state index is 7.15. The number of aryl methyl sites for hydroxylation is 1. The minimum Gasteiger partial charge on any atom is -0.494 e. The van der Waals surface area contributed by atoms with Gasteiger partial charge < -0.3 is 10.1 Å². The smallest absolute Gasteiger partial charge is 0.144 e. The van der Waals surface area contributed by atoms with Gasteiger partial charge in [0.25, 0.3) is 0 Å². The molecule has 0 saturated heterocycles. The van der Waals surface area contributed by atoms with E-state index in [1.54, 1.807) is 31.0 Å². The molecule has 8 nitrogen and oxygen atoms in total. The molecular weight excluding hydrogens is 374 g/mol. The maximum absolute atomic E-state index is 7.15. The van der Waals surface area contributed by atoms with Crippen LogP contribution >= 0.6 is 11.3 Å². The molecule has 0 amide bonds. The molecule has 5 rings (SSSR count). The van der Waals surface area contributed by atoms with Crippen LogP contribution in [0, 0.1) is 11.4 Å². The highest BCUT2D eigenvalue weighted by molar-refractivity contribution is 7.19. The van der Waals surface area contributed by atoms with Crippen LogP contribution in [-0.2, 0) is 12.8 Å². The Kier molecular flexibility index (Phi) is 4.16. The number of hydrogen-bond donors (Lipinski definition) is 3. The second-order valence-corrected chi connectivity index (χ2v) is 8.07. The van der Waals surface area contributed by atoms with Crippen molar-refractivity contribution in [1.82, 2.24) is 20.2 Å². The molecule has 1 aliphatic rings. The van der Waals surface area contributed by atoms with Gasteiger partial charge in [0.1, 0.15) is 22.7 Å². The highest BCUT2D eigenvalue weighted by Gasteiger charge is 2.25. The molecule has 28 heavy (non-hydrogen) atoms. The van der Waals surface area contributed by atoms with E-state index in [9.17, 15) is 0 Å². The highest BCUT2D eigenvalue weighted by atomic mass is 32.1. The first-order valence-electron chi connectivity index (χ1n) is 9.13. The highest BCUT2D eigenvalue weighted by Crippen LogP contribution is 2.41. The third kappa shape index (κ3) is 2.78. The van der Waals surface area contributed by atoms with E-state index in [-0.39, 0.29) is 0 Å². The number of benzene rings is 1. The molecule has 3 N–H and O–H groups in total. The number of aromatic nitrogens is 4. The van der Waals surface area contributed by atoms with Crippen LogP contribution in [0.5, 0.6) is 5.75 Å². The monoisotopic (exact) mass is 393 g/mol. The molecule has 0 aliphatic heterocycles. The van der Waals surface area contributed by atoms with E-state index >= 15 is 0 Å². The summed E-state index contributed by atoms with van der Waals surface area (Å²) in [6.45, 7) is 0.604. The number of anilines is 2. The van der Waals surface area contributed by atoms with Crippen molar-refractivity contribution in [3.8, 4) is 5.75 Å². The lowest BCUT2D eigenvalue weighted by Crippen LogP contribution is -2.15. The lowest BCUT2D eigenvalue weighted by atomic mass is 9.88. The normalized spacial score (nSPS) is 16.2. The molecule has 3 aromatic heterocycles. The van der Waals surface area contributed by atoms with Crippen LogP contribution in [-0.4, -0.2) is 33.8 Å². The molecule has 0 spiro atoms. The van der Waals surface area contributed by atoms with Crippen LogP contribution in [0.15, 0.2) is 29.8 Å². The largest absolute Gasteiger partial charge is 0.494 e. The number of hydrogen-bond acceptors (Lipinski definition) is 8. The standard InChI is InChI=1S/C19H19N7OS/c1-27-15-6-13-11(8-24-26-13)5-14(15)25-18-17-12-3-2-10(7-23-20)4-16(12)28-19(17)22-9-21-18/h5-6,8-10,20H,2-4,7H2,1H3,(H,24,26)(H,21,22,25). The molecule has 1 unspecified atom stereocenters. The van der Waals surface area contributed by atoms with Crippen molar-refractivity contribution in [1.29, 1.82) is 5.53 Å². The van der Waals surface area contributed by atoms with E-state index in [1.807, 2.05) is 12.1 Å². The summed E-state index contributed by atoms with van der Waals surface area (Å²) in [4.78, 5) is 11.4. The first-order chi connectivity index (χ1) is 13.8. The van der Waals surface area contributed by atoms with Crippen molar-refractivity contribution < 1.29 is 4.74 Å². The zero-order valence-corrected chi connectivity index (χ0v) is 16.1.